The van der Waals surface area contributed by atoms with E-state index in [0.717, 1.165) is 31.9 Å². The second-order valence-corrected chi connectivity index (χ2v) is 5.99. The number of aryl methyl sites for hydroxylation is 1. The van der Waals surface area contributed by atoms with Crippen molar-refractivity contribution >= 4 is 11.6 Å². The average Bonchev–Trinajstić information content (AvgIpc) is 3.17. The van der Waals surface area contributed by atoms with E-state index in [1.165, 1.54) is 0 Å². The minimum Gasteiger partial charge on any atom is -0.475 e. The summed E-state index contributed by atoms with van der Waals surface area (Å²) in [5.74, 6) is 1.89. The zero-order valence-electron chi connectivity index (χ0n) is 13.1. The number of hydrogen-bond donors (Lipinski definition) is 1. The second-order valence-electron chi connectivity index (χ2n) is 5.58. The summed E-state index contributed by atoms with van der Waals surface area (Å²) in [5.41, 5.74) is 0. The van der Waals surface area contributed by atoms with Crippen LogP contribution < -0.4 is 10.1 Å². The molecular weight excluding hydrogens is 316 g/mol. The van der Waals surface area contributed by atoms with Crippen LogP contribution in [0.25, 0.3) is 0 Å². The molecule has 23 heavy (non-hydrogen) atoms. The highest BCUT2D eigenvalue weighted by Gasteiger charge is 2.31. The highest BCUT2D eigenvalue weighted by molar-refractivity contribution is 6.31. The summed E-state index contributed by atoms with van der Waals surface area (Å²) in [6.45, 7) is 2.91. The molecule has 1 aliphatic heterocycles. The number of ether oxygens (including phenoxy) is 2. The van der Waals surface area contributed by atoms with Gasteiger partial charge in [-0.15, -0.1) is 0 Å². The smallest absolute Gasteiger partial charge is 0.232 e. The Morgan fingerprint density at radius 1 is 1.43 bits per heavy atom. The van der Waals surface area contributed by atoms with E-state index in [0.29, 0.717) is 23.4 Å². The molecule has 0 aliphatic carbocycles. The molecule has 1 aliphatic rings. The number of nitrogens with one attached hydrogen (secondary N) is 1. The van der Waals surface area contributed by atoms with Crippen LogP contribution in [0.3, 0.4) is 0 Å². The van der Waals surface area contributed by atoms with Gasteiger partial charge in [-0.05, 0) is 18.6 Å². The minimum atomic E-state index is 0.0636. The molecular formula is C16H21ClN4O2. The van der Waals surface area contributed by atoms with Crippen LogP contribution >= 0.6 is 11.6 Å². The Balaban J connectivity index is 1.42. The van der Waals surface area contributed by atoms with Gasteiger partial charge in [-0.2, -0.15) is 0 Å². The van der Waals surface area contributed by atoms with Crippen LogP contribution in [0.5, 0.6) is 5.88 Å². The number of rotatable bonds is 7. The third kappa shape index (κ3) is 4.02. The van der Waals surface area contributed by atoms with Crippen LogP contribution in [-0.2, 0) is 11.8 Å². The summed E-state index contributed by atoms with van der Waals surface area (Å²) < 4.78 is 13.4. The number of nitrogens with zero attached hydrogens (tertiary/aromatic N) is 3. The third-order valence-electron chi connectivity index (χ3n) is 3.98. The van der Waals surface area contributed by atoms with Crippen LogP contribution in [-0.4, -0.2) is 40.8 Å². The van der Waals surface area contributed by atoms with Gasteiger partial charge in [0.25, 0.3) is 0 Å². The van der Waals surface area contributed by atoms with E-state index in [4.69, 9.17) is 21.1 Å². The van der Waals surface area contributed by atoms with E-state index in [2.05, 4.69) is 15.3 Å². The Kier molecular flexibility index (Phi) is 5.48. The first-order valence-electron chi connectivity index (χ1n) is 7.78. The maximum absolute atomic E-state index is 6.00. The monoisotopic (exact) mass is 336 g/mol. The van der Waals surface area contributed by atoms with Crippen molar-refractivity contribution in [2.24, 2.45) is 13.0 Å². The summed E-state index contributed by atoms with van der Waals surface area (Å²) in [6, 6.07) is 3.55. The largest absolute Gasteiger partial charge is 0.475 e. The van der Waals surface area contributed by atoms with Crippen LogP contribution in [0.1, 0.15) is 18.3 Å². The van der Waals surface area contributed by atoms with E-state index >= 15 is 0 Å². The minimum absolute atomic E-state index is 0.0636. The molecule has 2 aromatic rings. The van der Waals surface area contributed by atoms with Crippen LogP contribution in [0.15, 0.2) is 30.7 Å². The number of pyridine rings is 1. The molecule has 2 atom stereocenters. The van der Waals surface area contributed by atoms with Crippen molar-refractivity contribution in [3.05, 3.63) is 41.6 Å². The standard InChI is InChI=1S/C16H21ClN4O2/c1-21-8-6-19-15(21)14-12(4-9-22-14)11-18-7-10-23-16-13(17)3-2-5-20-16/h2-3,5-6,8,12,14,18H,4,7,9-11H2,1H3/t12-,14+/m0/s1. The Morgan fingerprint density at radius 3 is 3.13 bits per heavy atom. The molecule has 0 saturated carbocycles. The van der Waals surface area contributed by atoms with E-state index in [1.807, 2.05) is 24.0 Å². The maximum atomic E-state index is 6.00. The Hall–Kier alpha value is -1.63. The highest BCUT2D eigenvalue weighted by Crippen LogP contribution is 2.32. The van der Waals surface area contributed by atoms with Gasteiger partial charge in [0.1, 0.15) is 23.6 Å². The fourth-order valence-corrected chi connectivity index (χ4v) is 2.94. The molecule has 1 saturated heterocycles. The summed E-state index contributed by atoms with van der Waals surface area (Å²) in [7, 11) is 2.00. The van der Waals surface area contributed by atoms with Gasteiger partial charge >= 0.3 is 0 Å². The van der Waals surface area contributed by atoms with Gasteiger partial charge in [-0.3, -0.25) is 0 Å². The maximum Gasteiger partial charge on any atom is 0.232 e. The van der Waals surface area contributed by atoms with Crippen LogP contribution in [0, 0.1) is 5.92 Å². The van der Waals surface area contributed by atoms with Crippen molar-refractivity contribution in [3.63, 3.8) is 0 Å². The Morgan fingerprint density at radius 2 is 2.35 bits per heavy atom. The van der Waals surface area contributed by atoms with Gasteiger partial charge in [-0.1, -0.05) is 11.6 Å². The van der Waals surface area contributed by atoms with Gasteiger partial charge in [0.05, 0.1) is 0 Å². The number of halogens is 1. The topological polar surface area (TPSA) is 61.2 Å². The molecule has 0 bridgehead atoms. The Bertz CT molecular complexity index is 634. The van der Waals surface area contributed by atoms with Crippen molar-refractivity contribution < 1.29 is 9.47 Å². The fraction of sp³-hybridized carbons (Fsp3) is 0.500. The summed E-state index contributed by atoms with van der Waals surface area (Å²) in [4.78, 5) is 8.50. The quantitative estimate of drug-likeness (QED) is 0.785. The summed E-state index contributed by atoms with van der Waals surface area (Å²) in [6.07, 6.45) is 6.53. The molecule has 0 unspecified atom stereocenters. The predicted octanol–water partition coefficient (Wildman–Crippen LogP) is 2.21. The molecule has 3 heterocycles. The second kappa shape index (κ2) is 7.77. The van der Waals surface area contributed by atoms with Gasteiger partial charge in [0.15, 0.2) is 0 Å². The van der Waals surface area contributed by atoms with Crippen molar-refractivity contribution in [2.45, 2.75) is 12.5 Å². The normalized spacial score (nSPS) is 20.8. The number of hydrogen-bond acceptors (Lipinski definition) is 5. The lowest BCUT2D eigenvalue weighted by Gasteiger charge is -2.18. The van der Waals surface area contributed by atoms with Gasteiger partial charge in [0, 0.05) is 51.3 Å². The van der Waals surface area contributed by atoms with Crippen molar-refractivity contribution in [1.82, 2.24) is 19.9 Å². The zero-order valence-corrected chi connectivity index (χ0v) is 13.9. The van der Waals surface area contributed by atoms with Crippen molar-refractivity contribution in [3.8, 4) is 5.88 Å². The third-order valence-corrected chi connectivity index (χ3v) is 4.26. The molecule has 2 aromatic heterocycles. The lowest BCUT2D eigenvalue weighted by molar-refractivity contribution is 0.0809. The van der Waals surface area contributed by atoms with E-state index in [-0.39, 0.29) is 6.10 Å². The number of aromatic nitrogens is 3. The summed E-state index contributed by atoms with van der Waals surface area (Å²) in [5, 5.41) is 3.95. The lowest BCUT2D eigenvalue weighted by Crippen LogP contribution is -2.29. The SMILES string of the molecule is Cn1ccnc1[C@@H]1OCC[C@H]1CNCCOc1ncccc1Cl. The molecule has 3 rings (SSSR count). The molecule has 0 radical (unpaired) electrons. The molecule has 0 spiro atoms. The first-order valence-corrected chi connectivity index (χ1v) is 8.16. The van der Waals surface area contributed by atoms with Crippen molar-refractivity contribution in [1.29, 1.82) is 0 Å². The predicted molar refractivity (Wildman–Crippen MR) is 87.6 cm³/mol. The van der Waals surface area contributed by atoms with Gasteiger partial charge in [-0.25, -0.2) is 9.97 Å². The molecule has 124 valence electrons. The number of imidazole rings is 1. The molecule has 0 amide bonds. The zero-order chi connectivity index (χ0) is 16.1. The molecule has 7 heteroatoms. The first kappa shape index (κ1) is 16.2. The fourth-order valence-electron chi connectivity index (χ4n) is 2.76. The summed E-state index contributed by atoms with van der Waals surface area (Å²) >= 11 is 6.00. The molecule has 0 aromatic carbocycles. The van der Waals surface area contributed by atoms with E-state index < -0.39 is 0 Å². The van der Waals surface area contributed by atoms with Crippen LogP contribution in [0.2, 0.25) is 5.02 Å². The lowest BCUT2D eigenvalue weighted by atomic mass is 10.0. The average molecular weight is 337 g/mol. The van der Waals surface area contributed by atoms with E-state index in [9.17, 15) is 0 Å². The Labute approximate surface area is 140 Å². The van der Waals surface area contributed by atoms with Gasteiger partial charge in [0.2, 0.25) is 5.88 Å². The first-order chi connectivity index (χ1) is 11.3. The van der Waals surface area contributed by atoms with Gasteiger partial charge < -0.3 is 19.4 Å². The highest BCUT2D eigenvalue weighted by atomic mass is 35.5. The molecule has 6 nitrogen and oxygen atoms in total. The van der Waals surface area contributed by atoms with Crippen molar-refractivity contribution in [2.75, 3.05) is 26.3 Å². The van der Waals surface area contributed by atoms with Crippen LogP contribution in [0.4, 0.5) is 0 Å². The molecule has 1 fully saturated rings. The van der Waals surface area contributed by atoms with E-state index in [1.54, 1.807) is 18.3 Å². The molecule has 1 N–H and O–H groups in total.